The fraction of sp³-hybridized carbons (Fsp3) is 0.0612. The topological polar surface area (TPSA) is 52.1 Å². The number of nitrogens with zero attached hydrogens (tertiary/aromatic N) is 2. The summed E-state index contributed by atoms with van der Waals surface area (Å²) in [6.45, 7) is 4.10. The van der Waals surface area contributed by atoms with Crippen LogP contribution in [-0.4, -0.2) is 9.97 Å². The first-order chi connectivity index (χ1) is 26.4. The number of halogens is 1. The average molecular weight is 893 g/mol. The van der Waals surface area contributed by atoms with Gasteiger partial charge in [-0.3, -0.25) is 0 Å². The molecule has 269 valence electrons. The molecule has 0 saturated carbocycles. The van der Waals surface area contributed by atoms with E-state index in [9.17, 15) is 4.39 Å². The number of fused-ring (bicyclic) bond motifs is 6. The van der Waals surface area contributed by atoms with E-state index in [1.165, 1.54) is 28.8 Å². The molecule has 0 aliphatic rings. The Labute approximate surface area is 331 Å². The molecule has 0 aliphatic carbocycles. The first-order valence-corrected chi connectivity index (χ1v) is 17.8. The number of benzene rings is 6. The Hall–Kier alpha value is -6.20. The van der Waals surface area contributed by atoms with Crippen LogP contribution in [0.3, 0.4) is 0 Å². The summed E-state index contributed by atoms with van der Waals surface area (Å²) >= 11 is 0. The van der Waals surface area contributed by atoms with E-state index in [1.54, 1.807) is 18.3 Å². The second kappa shape index (κ2) is 15.3. The van der Waals surface area contributed by atoms with Gasteiger partial charge in [-0.2, -0.15) is 0 Å². The van der Waals surface area contributed by atoms with Crippen LogP contribution in [0.25, 0.3) is 77.5 Å². The number of hydrogen-bond donors (Lipinski definition) is 0. The van der Waals surface area contributed by atoms with Gasteiger partial charge >= 0.3 is 0 Å². The average Bonchev–Trinajstić information content (AvgIpc) is 3.76. The van der Waals surface area contributed by atoms with Crippen molar-refractivity contribution < 1.29 is 33.3 Å². The molecule has 0 atom stereocenters. The van der Waals surface area contributed by atoms with Crippen LogP contribution in [0.5, 0.6) is 0 Å². The predicted molar refractivity (Wildman–Crippen MR) is 216 cm³/mol. The molecule has 0 saturated heterocycles. The molecule has 10 aromatic rings. The standard InChI is InChI=1S/C30H19FNO.C19H14NO.Ir/c31-25-10-7-22(8-11-25)23-14-15-32-28(19-23)24-9-13-30-27(18-24)26-17-21(6-12-29(26)33-30)16-20-4-2-1-3-5-20;1-12-6-8-14-15-4-3-5-16(19(15)21-18(14)10-12)17-9-7-13(2)11-20-17;/h1-8,10-15,17-19H,16H2;3-4,6-11H,1-2H3;/q2*-1;. The van der Waals surface area contributed by atoms with Crippen LogP contribution >= 0.6 is 0 Å². The number of pyridine rings is 2. The Kier molecular flexibility index (Phi) is 9.94. The minimum atomic E-state index is -0.245. The summed E-state index contributed by atoms with van der Waals surface area (Å²) < 4.78 is 25.5. The predicted octanol–water partition coefficient (Wildman–Crippen LogP) is 12.9. The van der Waals surface area contributed by atoms with Gasteiger partial charge in [-0.05, 0) is 101 Å². The third-order valence-electron chi connectivity index (χ3n) is 9.69. The molecule has 6 aromatic carbocycles. The van der Waals surface area contributed by atoms with Gasteiger partial charge in [0.2, 0.25) is 0 Å². The van der Waals surface area contributed by atoms with Crippen molar-refractivity contribution in [2.45, 2.75) is 20.3 Å². The van der Waals surface area contributed by atoms with Crippen molar-refractivity contribution in [3.63, 3.8) is 0 Å². The fourth-order valence-electron chi connectivity index (χ4n) is 6.91. The molecule has 4 heterocycles. The molecule has 4 aromatic heterocycles. The molecule has 6 heteroatoms. The summed E-state index contributed by atoms with van der Waals surface area (Å²) in [5.74, 6) is -0.245. The zero-order chi connectivity index (χ0) is 36.6. The third-order valence-corrected chi connectivity index (χ3v) is 9.69. The molecule has 0 bridgehead atoms. The monoisotopic (exact) mass is 893 g/mol. The van der Waals surface area contributed by atoms with Gasteiger partial charge in [0.1, 0.15) is 17.0 Å². The van der Waals surface area contributed by atoms with Gasteiger partial charge in [-0.25, -0.2) is 4.39 Å². The van der Waals surface area contributed by atoms with E-state index in [0.717, 1.165) is 89.5 Å². The Balaban J connectivity index is 0.000000168. The van der Waals surface area contributed by atoms with Gasteiger partial charge in [0.15, 0.2) is 0 Å². The quantitative estimate of drug-likeness (QED) is 0.162. The molecule has 0 fully saturated rings. The maximum atomic E-state index is 13.3. The number of aryl methyl sites for hydroxylation is 2. The SMILES string of the molecule is Cc1ccc(-c2[c-]ccc3c2oc2cc(C)ccc23)nc1.Fc1ccc(-c2ccnc(-c3[c-]cc4oc5ccc(Cc6ccccc6)cc5c4c3)c2)cc1.[Ir]. The second-order valence-corrected chi connectivity index (χ2v) is 13.6. The minimum Gasteiger partial charge on any atom is -0.501 e. The van der Waals surface area contributed by atoms with Gasteiger partial charge in [-0.15, -0.1) is 42.0 Å². The maximum Gasteiger partial charge on any atom is 0.123 e. The van der Waals surface area contributed by atoms with Crippen molar-refractivity contribution in [3.8, 4) is 33.6 Å². The van der Waals surface area contributed by atoms with Gasteiger partial charge in [0, 0.05) is 43.3 Å². The zero-order valence-corrected chi connectivity index (χ0v) is 32.5. The maximum absolute atomic E-state index is 13.3. The Bertz CT molecular complexity index is 2930. The summed E-state index contributed by atoms with van der Waals surface area (Å²) in [5, 5.41) is 4.38. The van der Waals surface area contributed by atoms with Crippen molar-refractivity contribution in [1.82, 2.24) is 9.97 Å². The van der Waals surface area contributed by atoms with E-state index in [2.05, 4.69) is 95.8 Å². The Morgan fingerprint density at radius 1 is 0.582 bits per heavy atom. The third kappa shape index (κ3) is 7.35. The fourth-order valence-corrected chi connectivity index (χ4v) is 6.91. The number of aromatic nitrogens is 2. The van der Waals surface area contributed by atoms with Crippen molar-refractivity contribution >= 4 is 43.9 Å². The van der Waals surface area contributed by atoms with Crippen LogP contribution in [0.15, 0.2) is 161 Å². The van der Waals surface area contributed by atoms with E-state index in [-0.39, 0.29) is 25.9 Å². The molecule has 0 aliphatic heterocycles. The van der Waals surface area contributed by atoms with E-state index >= 15 is 0 Å². The molecule has 0 unspecified atom stereocenters. The van der Waals surface area contributed by atoms with Crippen LogP contribution in [0, 0.1) is 31.8 Å². The molecule has 10 rings (SSSR count). The molecule has 0 amide bonds. The van der Waals surface area contributed by atoms with Crippen LogP contribution in [0.4, 0.5) is 4.39 Å². The van der Waals surface area contributed by atoms with Gasteiger partial charge < -0.3 is 18.8 Å². The van der Waals surface area contributed by atoms with Crippen LogP contribution in [-0.2, 0) is 26.5 Å². The normalized spacial score (nSPS) is 11.1. The zero-order valence-electron chi connectivity index (χ0n) is 30.1. The molecule has 0 spiro atoms. The summed E-state index contributed by atoms with van der Waals surface area (Å²) in [6.07, 6.45) is 4.52. The van der Waals surface area contributed by atoms with Crippen molar-refractivity contribution in [2.75, 3.05) is 0 Å². The van der Waals surface area contributed by atoms with Gasteiger partial charge in [0.25, 0.3) is 0 Å². The summed E-state index contributed by atoms with van der Waals surface area (Å²) in [6, 6.07) is 52.2. The van der Waals surface area contributed by atoms with Crippen LogP contribution in [0.2, 0.25) is 0 Å². The largest absolute Gasteiger partial charge is 0.501 e. The van der Waals surface area contributed by atoms with E-state index in [1.807, 2.05) is 61.7 Å². The molecular weight excluding hydrogens is 860 g/mol. The van der Waals surface area contributed by atoms with Gasteiger partial charge in [0.05, 0.1) is 11.2 Å². The van der Waals surface area contributed by atoms with Crippen LogP contribution < -0.4 is 0 Å². The number of hydrogen-bond acceptors (Lipinski definition) is 4. The smallest absolute Gasteiger partial charge is 0.123 e. The minimum absolute atomic E-state index is 0. The van der Waals surface area contributed by atoms with Crippen molar-refractivity contribution in [3.05, 3.63) is 192 Å². The number of rotatable bonds is 5. The Morgan fingerprint density at radius 3 is 2.22 bits per heavy atom. The first-order valence-electron chi connectivity index (χ1n) is 17.8. The molecular formula is C49H33FIrN2O2-2. The molecule has 0 N–H and O–H groups in total. The van der Waals surface area contributed by atoms with Crippen molar-refractivity contribution in [2.24, 2.45) is 0 Å². The summed E-state index contributed by atoms with van der Waals surface area (Å²) in [5.41, 5.74) is 13.7. The Morgan fingerprint density at radius 2 is 1.40 bits per heavy atom. The second-order valence-electron chi connectivity index (χ2n) is 13.6. The van der Waals surface area contributed by atoms with E-state index in [0.29, 0.717) is 0 Å². The molecule has 55 heavy (non-hydrogen) atoms. The van der Waals surface area contributed by atoms with Crippen LogP contribution in [0.1, 0.15) is 22.3 Å². The van der Waals surface area contributed by atoms with E-state index < -0.39 is 0 Å². The summed E-state index contributed by atoms with van der Waals surface area (Å²) in [7, 11) is 0. The summed E-state index contributed by atoms with van der Waals surface area (Å²) in [4.78, 5) is 9.06. The molecule has 1 radical (unpaired) electrons. The van der Waals surface area contributed by atoms with Gasteiger partial charge in [-0.1, -0.05) is 95.2 Å². The molecule has 4 nitrogen and oxygen atoms in total. The number of furan rings is 2. The van der Waals surface area contributed by atoms with E-state index in [4.69, 9.17) is 8.83 Å². The first kappa shape index (κ1) is 35.8. The van der Waals surface area contributed by atoms with Crippen molar-refractivity contribution in [1.29, 1.82) is 0 Å².